The van der Waals surface area contributed by atoms with E-state index in [0.29, 0.717) is 6.42 Å². The van der Waals surface area contributed by atoms with Crippen molar-refractivity contribution in [1.29, 1.82) is 0 Å². The molecule has 0 fully saturated rings. The number of carboxylic acid groups (broad SMARTS) is 1. The van der Waals surface area contributed by atoms with Gasteiger partial charge in [-0.15, -0.1) is 0 Å². The van der Waals surface area contributed by atoms with Crippen molar-refractivity contribution < 1.29 is 14.7 Å². The van der Waals surface area contributed by atoms with Crippen LogP contribution in [-0.2, 0) is 9.59 Å². The summed E-state index contributed by atoms with van der Waals surface area (Å²) in [4.78, 5) is 22.3. The van der Waals surface area contributed by atoms with Crippen LogP contribution in [0.4, 0.5) is 0 Å². The van der Waals surface area contributed by atoms with Crippen LogP contribution < -0.4 is 0 Å². The van der Waals surface area contributed by atoms with Crippen molar-refractivity contribution in [2.45, 2.75) is 47.5 Å². The van der Waals surface area contributed by atoms with Crippen LogP contribution in [0.2, 0.25) is 0 Å². The highest BCUT2D eigenvalue weighted by atomic mass is 16.4. The van der Waals surface area contributed by atoms with E-state index >= 15 is 0 Å². The maximum Gasteiger partial charge on any atom is 0.328 e. The molecule has 1 N–H and O–H groups in total. The number of Topliss-reactive ketones (excluding diaryl/α,β-unsaturated/α-hetero) is 1. The third kappa shape index (κ3) is 6.92. The van der Waals surface area contributed by atoms with E-state index in [1.165, 1.54) is 6.08 Å². The number of hydrogen-bond donors (Lipinski definition) is 1. The molecule has 0 amide bonds. The molecule has 0 unspecified atom stereocenters. The van der Waals surface area contributed by atoms with Crippen molar-refractivity contribution in [2.24, 2.45) is 5.41 Å². The average molecular weight is 340 g/mol. The van der Waals surface area contributed by atoms with Crippen LogP contribution in [0.3, 0.4) is 0 Å². The Hall–Kier alpha value is -2.42. The Kier molecular flexibility index (Phi) is 7.56. The summed E-state index contributed by atoms with van der Waals surface area (Å²) in [6.45, 7) is 10.2. The summed E-state index contributed by atoms with van der Waals surface area (Å²) in [5.74, 6) is -0.710. The molecule has 0 bridgehead atoms. The van der Waals surface area contributed by atoms with E-state index in [4.69, 9.17) is 5.11 Å². The number of carboxylic acids is 1. The van der Waals surface area contributed by atoms with E-state index in [-0.39, 0.29) is 11.2 Å². The molecule has 0 spiro atoms. The number of ketones is 1. The van der Waals surface area contributed by atoms with Gasteiger partial charge in [-0.2, -0.15) is 0 Å². The molecule has 0 saturated carbocycles. The molecular formula is C22H28O3. The molecule has 0 saturated heterocycles. The zero-order valence-corrected chi connectivity index (χ0v) is 15.8. The summed E-state index contributed by atoms with van der Waals surface area (Å²) in [5.41, 5.74) is 4.07. The van der Waals surface area contributed by atoms with Crippen molar-refractivity contribution in [3.8, 4) is 0 Å². The van der Waals surface area contributed by atoms with Crippen molar-refractivity contribution >= 4 is 11.8 Å². The first-order valence-corrected chi connectivity index (χ1v) is 8.49. The van der Waals surface area contributed by atoms with Gasteiger partial charge in [0.25, 0.3) is 0 Å². The van der Waals surface area contributed by atoms with E-state index in [9.17, 15) is 9.59 Å². The maximum atomic E-state index is 11.9. The lowest BCUT2D eigenvalue weighted by Crippen LogP contribution is -2.24. The van der Waals surface area contributed by atoms with Crippen LogP contribution in [0.25, 0.3) is 0 Å². The standard InChI is InChI=1S/C22H28O3/c1-16(10-7-11-21(24)25)8-6-9-17(2)12-13-19-18(3)20(23)14-15-22(19,4)5/h6-13H,14-15H2,1-5H3,(H,24,25)/b8-6+,11-7+,13-12+,16-10+,17-9+. The largest absolute Gasteiger partial charge is 0.478 e. The second-order valence-corrected chi connectivity index (χ2v) is 7.06. The Bertz CT molecular complexity index is 708. The van der Waals surface area contributed by atoms with Gasteiger partial charge in [0, 0.05) is 12.5 Å². The molecule has 1 rings (SSSR count). The van der Waals surface area contributed by atoms with Gasteiger partial charge in [-0.05, 0) is 43.8 Å². The quantitative estimate of drug-likeness (QED) is 0.524. The maximum absolute atomic E-state index is 11.9. The summed E-state index contributed by atoms with van der Waals surface area (Å²) in [5, 5.41) is 8.54. The van der Waals surface area contributed by atoms with E-state index in [1.807, 2.05) is 45.1 Å². The highest BCUT2D eigenvalue weighted by Crippen LogP contribution is 2.39. The predicted molar refractivity (Wildman–Crippen MR) is 103 cm³/mol. The van der Waals surface area contributed by atoms with E-state index < -0.39 is 5.97 Å². The van der Waals surface area contributed by atoms with Crippen LogP contribution in [-0.4, -0.2) is 16.9 Å². The van der Waals surface area contributed by atoms with Crippen LogP contribution in [0, 0.1) is 5.41 Å². The molecule has 3 heteroatoms. The molecule has 0 atom stereocenters. The Balaban J connectivity index is 2.82. The van der Waals surface area contributed by atoms with E-state index in [0.717, 1.165) is 34.8 Å². The zero-order chi connectivity index (χ0) is 19.0. The lowest BCUT2D eigenvalue weighted by Gasteiger charge is -2.32. The molecule has 0 aromatic rings. The van der Waals surface area contributed by atoms with Crippen LogP contribution in [0.1, 0.15) is 47.5 Å². The fourth-order valence-corrected chi connectivity index (χ4v) is 2.72. The Morgan fingerprint density at radius 1 is 1.04 bits per heavy atom. The number of carbonyl (C=O) groups excluding carboxylic acids is 1. The third-order valence-electron chi connectivity index (χ3n) is 4.36. The van der Waals surface area contributed by atoms with Crippen molar-refractivity contribution in [1.82, 2.24) is 0 Å². The molecule has 1 aliphatic rings. The minimum atomic E-state index is -0.956. The average Bonchev–Trinajstić information content (AvgIpc) is 2.50. The molecule has 1 aliphatic carbocycles. The van der Waals surface area contributed by atoms with Gasteiger partial charge in [-0.25, -0.2) is 4.79 Å². The molecule has 0 aliphatic heterocycles. The smallest absolute Gasteiger partial charge is 0.328 e. The second-order valence-electron chi connectivity index (χ2n) is 7.06. The Morgan fingerprint density at radius 3 is 2.20 bits per heavy atom. The number of aliphatic carboxylic acids is 1. The molecule has 0 heterocycles. The van der Waals surface area contributed by atoms with Gasteiger partial charge in [-0.3, -0.25) is 4.79 Å². The fraction of sp³-hybridized carbons (Fsp3) is 0.364. The minimum absolute atomic E-state index is 0.0282. The minimum Gasteiger partial charge on any atom is -0.478 e. The van der Waals surface area contributed by atoms with Crippen molar-refractivity contribution in [3.63, 3.8) is 0 Å². The Labute approximate surface area is 150 Å². The van der Waals surface area contributed by atoms with Crippen LogP contribution in [0.5, 0.6) is 0 Å². The highest BCUT2D eigenvalue weighted by molar-refractivity contribution is 5.97. The summed E-state index contributed by atoms with van der Waals surface area (Å²) in [6, 6.07) is 0. The van der Waals surface area contributed by atoms with Gasteiger partial charge >= 0.3 is 5.97 Å². The van der Waals surface area contributed by atoms with E-state index in [2.05, 4.69) is 19.9 Å². The van der Waals surface area contributed by atoms with Crippen molar-refractivity contribution in [3.05, 3.63) is 70.9 Å². The topological polar surface area (TPSA) is 54.4 Å². The molecular weight excluding hydrogens is 312 g/mol. The SMILES string of the molecule is CC1=C(/C=C/C(C)=C/C=C/C(C)=C/C=C/C(=O)O)C(C)(C)CCC1=O. The summed E-state index contributed by atoms with van der Waals surface area (Å²) >= 11 is 0. The van der Waals surface area contributed by atoms with Gasteiger partial charge in [-0.1, -0.05) is 67.5 Å². The molecule has 134 valence electrons. The van der Waals surface area contributed by atoms with Gasteiger partial charge < -0.3 is 5.11 Å². The van der Waals surface area contributed by atoms with Crippen LogP contribution in [0.15, 0.2) is 70.9 Å². The highest BCUT2D eigenvalue weighted by Gasteiger charge is 2.30. The molecule has 3 nitrogen and oxygen atoms in total. The van der Waals surface area contributed by atoms with Crippen LogP contribution >= 0.6 is 0 Å². The lowest BCUT2D eigenvalue weighted by molar-refractivity contribution is -0.131. The van der Waals surface area contributed by atoms with E-state index in [1.54, 1.807) is 6.08 Å². The van der Waals surface area contributed by atoms with Gasteiger partial charge in [0.15, 0.2) is 5.78 Å². The molecule has 25 heavy (non-hydrogen) atoms. The van der Waals surface area contributed by atoms with Crippen molar-refractivity contribution in [2.75, 3.05) is 0 Å². The molecule has 0 aromatic carbocycles. The normalized spacial score (nSPS) is 19.6. The summed E-state index contributed by atoms with van der Waals surface area (Å²) < 4.78 is 0. The Morgan fingerprint density at radius 2 is 1.60 bits per heavy atom. The number of carbonyl (C=O) groups is 2. The second kappa shape index (κ2) is 9.16. The lowest BCUT2D eigenvalue weighted by atomic mass is 9.72. The monoisotopic (exact) mass is 340 g/mol. The predicted octanol–water partition coefficient (Wildman–Crippen LogP) is 5.34. The first kappa shape index (κ1) is 20.6. The zero-order valence-electron chi connectivity index (χ0n) is 15.8. The number of allylic oxidation sites excluding steroid dienone is 11. The molecule has 0 radical (unpaired) electrons. The first-order chi connectivity index (χ1) is 11.6. The summed E-state index contributed by atoms with van der Waals surface area (Å²) in [6.07, 6.45) is 15.8. The van der Waals surface area contributed by atoms with Gasteiger partial charge in [0.05, 0.1) is 0 Å². The number of hydrogen-bond acceptors (Lipinski definition) is 2. The third-order valence-corrected chi connectivity index (χ3v) is 4.36. The van der Waals surface area contributed by atoms with Gasteiger partial charge in [0.1, 0.15) is 0 Å². The number of rotatable bonds is 6. The molecule has 0 aromatic heterocycles. The van der Waals surface area contributed by atoms with Gasteiger partial charge in [0.2, 0.25) is 0 Å². The summed E-state index contributed by atoms with van der Waals surface area (Å²) in [7, 11) is 0. The fourth-order valence-electron chi connectivity index (χ4n) is 2.72. The first-order valence-electron chi connectivity index (χ1n) is 8.49.